The van der Waals surface area contributed by atoms with Crippen molar-refractivity contribution >= 4 is 22.9 Å². The van der Waals surface area contributed by atoms with Crippen molar-refractivity contribution in [3.63, 3.8) is 0 Å². The number of methoxy groups -OCH3 is 1. The van der Waals surface area contributed by atoms with Crippen molar-refractivity contribution in [2.24, 2.45) is 0 Å². The van der Waals surface area contributed by atoms with Gasteiger partial charge in [0.15, 0.2) is 0 Å². The second-order valence-corrected chi connectivity index (χ2v) is 6.35. The standard InChI is InChI=1S/C18H21N3O4/c1-25-17(24)18(9-5-2-6-10-18)20-15(22)12-21-14-8-4-3-7-13(14)19-11-16(21)23/h3-4,7-8,11H,2,5-6,9-10,12H2,1H3,(H,20,22). The van der Waals surface area contributed by atoms with Gasteiger partial charge in [0.25, 0.3) is 5.56 Å². The molecule has 1 saturated carbocycles. The van der Waals surface area contributed by atoms with Crippen LogP contribution in [0.25, 0.3) is 11.0 Å². The van der Waals surface area contributed by atoms with Crippen LogP contribution >= 0.6 is 0 Å². The molecule has 7 nitrogen and oxygen atoms in total. The van der Waals surface area contributed by atoms with E-state index in [1.807, 2.05) is 6.07 Å². The SMILES string of the molecule is COC(=O)C1(NC(=O)Cn2c(=O)cnc3ccccc32)CCCCC1. The van der Waals surface area contributed by atoms with E-state index >= 15 is 0 Å². The van der Waals surface area contributed by atoms with Gasteiger partial charge in [-0.1, -0.05) is 31.4 Å². The third-order valence-corrected chi connectivity index (χ3v) is 4.72. The van der Waals surface area contributed by atoms with Crippen molar-refractivity contribution in [3.05, 3.63) is 40.8 Å². The fourth-order valence-corrected chi connectivity index (χ4v) is 3.46. The zero-order valence-electron chi connectivity index (χ0n) is 14.2. The number of carbonyl (C=O) groups is 2. The Labute approximate surface area is 145 Å². The van der Waals surface area contributed by atoms with Crippen LogP contribution < -0.4 is 10.9 Å². The minimum Gasteiger partial charge on any atom is -0.467 e. The Morgan fingerprint density at radius 3 is 2.68 bits per heavy atom. The van der Waals surface area contributed by atoms with Crippen molar-refractivity contribution in [3.8, 4) is 0 Å². The number of fused-ring (bicyclic) bond motifs is 1. The molecule has 1 aliphatic carbocycles. The van der Waals surface area contributed by atoms with Crippen molar-refractivity contribution in [2.75, 3.05) is 7.11 Å². The molecule has 0 unspecified atom stereocenters. The molecule has 1 aromatic heterocycles. The van der Waals surface area contributed by atoms with Gasteiger partial charge in [-0.15, -0.1) is 0 Å². The van der Waals surface area contributed by atoms with E-state index in [4.69, 9.17) is 4.74 Å². The molecule has 1 N–H and O–H groups in total. The monoisotopic (exact) mass is 343 g/mol. The second-order valence-electron chi connectivity index (χ2n) is 6.35. The van der Waals surface area contributed by atoms with Gasteiger partial charge in [0.2, 0.25) is 5.91 Å². The van der Waals surface area contributed by atoms with Crippen molar-refractivity contribution in [1.82, 2.24) is 14.9 Å². The van der Waals surface area contributed by atoms with E-state index in [-0.39, 0.29) is 18.0 Å². The summed E-state index contributed by atoms with van der Waals surface area (Å²) >= 11 is 0. The molecule has 0 atom stereocenters. The molecule has 7 heteroatoms. The maximum Gasteiger partial charge on any atom is 0.331 e. The summed E-state index contributed by atoms with van der Waals surface area (Å²) in [5, 5.41) is 2.83. The molecule has 132 valence electrons. The molecule has 25 heavy (non-hydrogen) atoms. The largest absolute Gasteiger partial charge is 0.467 e. The van der Waals surface area contributed by atoms with Crippen molar-refractivity contribution < 1.29 is 14.3 Å². The minimum atomic E-state index is -0.990. The van der Waals surface area contributed by atoms with Gasteiger partial charge in [0.05, 0.1) is 24.3 Å². The summed E-state index contributed by atoms with van der Waals surface area (Å²) in [5.41, 5.74) is -0.128. The van der Waals surface area contributed by atoms with Crippen LogP contribution in [0.1, 0.15) is 32.1 Å². The molecule has 3 rings (SSSR count). The highest BCUT2D eigenvalue weighted by Gasteiger charge is 2.41. The third kappa shape index (κ3) is 3.40. The molecule has 0 radical (unpaired) electrons. The zero-order chi connectivity index (χ0) is 17.9. The highest BCUT2D eigenvalue weighted by atomic mass is 16.5. The van der Waals surface area contributed by atoms with Gasteiger partial charge in [0, 0.05) is 0 Å². The van der Waals surface area contributed by atoms with E-state index in [2.05, 4.69) is 10.3 Å². The van der Waals surface area contributed by atoms with Gasteiger partial charge in [-0.2, -0.15) is 0 Å². The Bertz CT molecular complexity index is 853. The number of esters is 1. The van der Waals surface area contributed by atoms with E-state index in [0.717, 1.165) is 19.3 Å². The van der Waals surface area contributed by atoms with Gasteiger partial charge in [0.1, 0.15) is 12.1 Å². The Kier molecular flexibility index (Phi) is 4.83. The van der Waals surface area contributed by atoms with Crippen LogP contribution in [0.4, 0.5) is 0 Å². The molecule has 1 amide bonds. The van der Waals surface area contributed by atoms with E-state index < -0.39 is 11.5 Å². The molecule has 1 heterocycles. The first-order valence-corrected chi connectivity index (χ1v) is 8.40. The van der Waals surface area contributed by atoms with Crippen molar-refractivity contribution in [2.45, 2.75) is 44.2 Å². The predicted octanol–water partition coefficient (Wildman–Crippen LogP) is 1.39. The maximum absolute atomic E-state index is 12.6. The first-order chi connectivity index (χ1) is 12.1. The Morgan fingerprint density at radius 1 is 1.24 bits per heavy atom. The first kappa shape index (κ1) is 17.1. The van der Waals surface area contributed by atoms with Gasteiger partial charge < -0.3 is 10.1 Å². The Balaban J connectivity index is 1.86. The second kappa shape index (κ2) is 7.04. The third-order valence-electron chi connectivity index (χ3n) is 4.72. The van der Waals surface area contributed by atoms with Gasteiger partial charge in [-0.25, -0.2) is 9.78 Å². The number of rotatable bonds is 4. The quantitative estimate of drug-likeness (QED) is 0.847. The normalized spacial score (nSPS) is 16.4. The molecular weight excluding hydrogens is 322 g/mol. The van der Waals surface area contributed by atoms with Crippen LogP contribution in [-0.2, 0) is 20.9 Å². The average Bonchev–Trinajstić information content (AvgIpc) is 2.64. The zero-order valence-corrected chi connectivity index (χ0v) is 14.2. The lowest BCUT2D eigenvalue weighted by molar-refractivity contribution is -0.152. The topological polar surface area (TPSA) is 90.3 Å². The first-order valence-electron chi connectivity index (χ1n) is 8.40. The molecule has 1 aromatic carbocycles. The number of nitrogens with one attached hydrogen (secondary N) is 1. The number of ether oxygens (including phenoxy) is 1. The van der Waals surface area contributed by atoms with E-state index in [0.29, 0.717) is 23.9 Å². The summed E-state index contributed by atoms with van der Waals surface area (Å²) in [6, 6.07) is 7.13. The van der Waals surface area contributed by atoms with Crippen LogP contribution in [0.3, 0.4) is 0 Å². The lowest BCUT2D eigenvalue weighted by Gasteiger charge is -2.35. The summed E-state index contributed by atoms with van der Waals surface area (Å²) < 4.78 is 6.27. The number of carbonyl (C=O) groups excluding carboxylic acids is 2. The van der Waals surface area contributed by atoms with Crippen LogP contribution in [-0.4, -0.2) is 34.1 Å². The number of benzene rings is 1. The molecule has 1 aliphatic rings. The lowest BCUT2D eigenvalue weighted by atomic mass is 9.81. The van der Waals surface area contributed by atoms with Crippen LogP contribution in [0, 0.1) is 0 Å². The molecule has 0 bridgehead atoms. The highest BCUT2D eigenvalue weighted by Crippen LogP contribution is 2.29. The molecule has 0 aliphatic heterocycles. The van der Waals surface area contributed by atoms with Crippen LogP contribution in [0.2, 0.25) is 0 Å². The fraction of sp³-hybridized carbons (Fsp3) is 0.444. The summed E-state index contributed by atoms with van der Waals surface area (Å²) in [7, 11) is 1.33. The highest BCUT2D eigenvalue weighted by molar-refractivity contribution is 5.88. The van der Waals surface area contributed by atoms with Crippen LogP contribution in [0.15, 0.2) is 35.3 Å². The molecule has 0 saturated heterocycles. The lowest BCUT2D eigenvalue weighted by Crippen LogP contribution is -2.57. The Morgan fingerprint density at radius 2 is 1.96 bits per heavy atom. The number of aromatic nitrogens is 2. The van der Waals surface area contributed by atoms with Gasteiger partial charge >= 0.3 is 5.97 Å². The van der Waals surface area contributed by atoms with Crippen molar-refractivity contribution in [1.29, 1.82) is 0 Å². The number of amides is 1. The minimum absolute atomic E-state index is 0.166. The van der Waals surface area contributed by atoms with Gasteiger partial charge in [-0.05, 0) is 25.0 Å². The molecular formula is C18H21N3O4. The van der Waals surface area contributed by atoms with E-state index in [9.17, 15) is 14.4 Å². The maximum atomic E-state index is 12.6. The molecule has 0 spiro atoms. The predicted molar refractivity (Wildman–Crippen MR) is 92.0 cm³/mol. The summed E-state index contributed by atoms with van der Waals surface area (Å²) in [5.74, 6) is -0.807. The number of para-hydroxylation sites is 2. The summed E-state index contributed by atoms with van der Waals surface area (Å²) in [4.78, 5) is 41.1. The number of hydrogen-bond donors (Lipinski definition) is 1. The van der Waals surface area contributed by atoms with Crippen LogP contribution in [0.5, 0.6) is 0 Å². The number of hydrogen-bond acceptors (Lipinski definition) is 5. The average molecular weight is 343 g/mol. The Hall–Kier alpha value is -2.70. The summed E-state index contributed by atoms with van der Waals surface area (Å²) in [6.45, 7) is -0.166. The number of nitrogens with zero attached hydrogens (tertiary/aromatic N) is 2. The smallest absolute Gasteiger partial charge is 0.331 e. The molecule has 2 aromatic rings. The van der Waals surface area contributed by atoms with Gasteiger partial charge in [-0.3, -0.25) is 14.2 Å². The van der Waals surface area contributed by atoms with E-state index in [1.165, 1.54) is 17.9 Å². The van der Waals surface area contributed by atoms with E-state index in [1.54, 1.807) is 18.2 Å². The summed E-state index contributed by atoms with van der Waals surface area (Å²) in [6.07, 6.45) is 5.05. The fourth-order valence-electron chi connectivity index (χ4n) is 3.46. The molecule has 1 fully saturated rings.